The van der Waals surface area contributed by atoms with Crippen molar-refractivity contribution in [2.45, 2.75) is 5.03 Å². The Morgan fingerprint density at radius 2 is 2.00 bits per heavy atom. The summed E-state index contributed by atoms with van der Waals surface area (Å²) in [7, 11) is 0. The standard InChI is InChI=1S/C18H12F2N4OS/c19-10-5-6-14(12(20)7-10)23-15(25)8-26-18-17-16(21-9-22-18)11-3-1-2-4-13(11)24-17/h1-7,9,24H,8H2,(H,23,25). The third kappa shape index (κ3) is 3.11. The van der Waals surface area contributed by atoms with Crippen LogP contribution in [0.1, 0.15) is 0 Å². The van der Waals surface area contributed by atoms with Crippen molar-refractivity contribution >= 4 is 45.3 Å². The second-order valence-electron chi connectivity index (χ2n) is 5.53. The number of halogens is 2. The van der Waals surface area contributed by atoms with Crippen LogP contribution in [0.3, 0.4) is 0 Å². The van der Waals surface area contributed by atoms with Crippen LogP contribution in [0.25, 0.3) is 21.9 Å². The van der Waals surface area contributed by atoms with Crippen LogP contribution in [-0.2, 0) is 4.79 Å². The molecule has 0 aliphatic rings. The van der Waals surface area contributed by atoms with Gasteiger partial charge in [-0.2, -0.15) is 0 Å². The Morgan fingerprint density at radius 1 is 1.15 bits per heavy atom. The molecule has 0 radical (unpaired) electrons. The molecule has 8 heteroatoms. The van der Waals surface area contributed by atoms with E-state index in [0.29, 0.717) is 5.03 Å². The van der Waals surface area contributed by atoms with Gasteiger partial charge in [0.05, 0.1) is 17.0 Å². The van der Waals surface area contributed by atoms with Gasteiger partial charge in [0.15, 0.2) is 0 Å². The lowest BCUT2D eigenvalue weighted by molar-refractivity contribution is -0.113. The quantitative estimate of drug-likeness (QED) is 0.419. The fourth-order valence-electron chi connectivity index (χ4n) is 2.64. The van der Waals surface area contributed by atoms with Gasteiger partial charge in [-0.15, -0.1) is 0 Å². The van der Waals surface area contributed by atoms with Crippen molar-refractivity contribution < 1.29 is 13.6 Å². The molecular weight excluding hydrogens is 358 g/mol. The van der Waals surface area contributed by atoms with Crippen LogP contribution < -0.4 is 5.32 Å². The molecule has 4 rings (SSSR count). The smallest absolute Gasteiger partial charge is 0.234 e. The summed E-state index contributed by atoms with van der Waals surface area (Å²) in [6.45, 7) is 0. The van der Waals surface area contributed by atoms with E-state index in [-0.39, 0.29) is 11.4 Å². The van der Waals surface area contributed by atoms with Crippen molar-refractivity contribution in [3.63, 3.8) is 0 Å². The molecule has 0 bridgehead atoms. The minimum atomic E-state index is -0.816. The van der Waals surface area contributed by atoms with E-state index >= 15 is 0 Å². The van der Waals surface area contributed by atoms with E-state index in [2.05, 4.69) is 20.3 Å². The fraction of sp³-hybridized carbons (Fsp3) is 0.0556. The maximum Gasteiger partial charge on any atom is 0.234 e. The normalized spacial score (nSPS) is 11.2. The van der Waals surface area contributed by atoms with Gasteiger partial charge in [0.1, 0.15) is 28.5 Å². The molecule has 0 saturated heterocycles. The Balaban J connectivity index is 1.53. The van der Waals surface area contributed by atoms with Gasteiger partial charge < -0.3 is 10.3 Å². The van der Waals surface area contributed by atoms with E-state index < -0.39 is 17.5 Å². The lowest BCUT2D eigenvalue weighted by Gasteiger charge is -2.06. The highest BCUT2D eigenvalue weighted by atomic mass is 32.2. The number of anilines is 1. The predicted molar refractivity (Wildman–Crippen MR) is 97.1 cm³/mol. The van der Waals surface area contributed by atoms with Gasteiger partial charge in [0.2, 0.25) is 5.91 Å². The zero-order chi connectivity index (χ0) is 18.1. The predicted octanol–water partition coefficient (Wildman–Crippen LogP) is 4.12. The van der Waals surface area contributed by atoms with E-state index in [1.165, 1.54) is 24.2 Å². The molecule has 26 heavy (non-hydrogen) atoms. The Labute approximate surface area is 150 Å². The minimum absolute atomic E-state index is 0.0261. The zero-order valence-corrected chi connectivity index (χ0v) is 14.1. The lowest BCUT2D eigenvalue weighted by atomic mass is 10.2. The first-order chi connectivity index (χ1) is 12.6. The van der Waals surface area contributed by atoms with Crippen LogP contribution in [0, 0.1) is 11.6 Å². The second-order valence-corrected chi connectivity index (χ2v) is 6.50. The molecule has 0 aliphatic heterocycles. The van der Waals surface area contributed by atoms with Gasteiger partial charge >= 0.3 is 0 Å². The number of nitrogens with one attached hydrogen (secondary N) is 2. The van der Waals surface area contributed by atoms with Crippen LogP contribution in [0.5, 0.6) is 0 Å². The molecule has 2 aromatic heterocycles. The molecule has 4 aromatic rings. The second kappa shape index (κ2) is 6.72. The molecule has 0 fully saturated rings. The van der Waals surface area contributed by atoms with Crippen molar-refractivity contribution in [3.05, 3.63) is 60.4 Å². The number of benzene rings is 2. The van der Waals surface area contributed by atoms with E-state index in [1.54, 1.807) is 0 Å². The first-order valence-electron chi connectivity index (χ1n) is 7.71. The van der Waals surface area contributed by atoms with E-state index in [4.69, 9.17) is 0 Å². The molecule has 130 valence electrons. The molecular formula is C18H12F2N4OS. The number of aromatic nitrogens is 3. The summed E-state index contributed by atoms with van der Waals surface area (Å²) in [6, 6.07) is 10.7. The number of para-hydroxylation sites is 1. The van der Waals surface area contributed by atoms with Gasteiger partial charge in [-0.1, -0.05) is 30.0 Å². The summed E-state index contributed by atoms with van der Waals surface area (Å²) in [6.07, 6.45) is 1.45. The molecule has 0 saturated carbocycles. The molecule has 0 spiro atoms. The van der Waals surface area contributed by atoms with Crippen LogP contribution in [0.2, 0.25) is 0 Å². The van der Waals surface area contributed by atoms with E-state index in [1.807, 2.05) is 24.3 Å². The zero-order valence-electron chi connectivity index (χ0n) is 13.3. The maximum atomic E-state index is 13.6. The monoisotopic (exact) mass is 370 g/mol. The summed E-state index contributed by atoms with van der Waals surface area (Å²) in [5.41, 5.74) is 2.40. The van der Waals surface area contributed by atoms with Gasteiger partial charge in [-0.25, -0.2) is 18.7 Å². The molecule has 0 aliphatic carbocycles. The number of amides is 1. The Morgan fingerprint density at radius 3 is 2.85 bits per heavy atom. The Bertz CT molecular complexity index is 1130. The van der Waals surface area contributed by atoms with Crippen molar-refractivity contribution in [1.82, 2.24) is 15.0 Å². The highest BCUT2D eigenvalue weighted by Gasteiger charge is 2.13. The molecule has 5 nitrogen and oxygen atoms in total. The first kappa shape index (κ1) is 16.5. The van der Waals surface area contributed by atoms with Crippen LogP contribution in [0.15, 0.2) is 53.8 Å². The SMILES string of the molecule is O=C(CSc1ncnc2c1[nH]c1ccccc12)Nc1ccc(F)cc1F. The van der Waals surface area contributed by atoms with Crippen molar-refractivity contribution in [2.24, 2.45) is 0 Å². The first-order valence-corrected chi connectivity index (χ1v) is 8.69. The number of nitrogens with zero attached hydrogens (tertiary/aromatic N) is 2. The van der Waals surface area contributed by atoms with E-state index in [9.17, 15) is 13.6 Å². The van der Waals surface area contributed by atoms with Crippen LogP contribution in [-0.4, -0.2) is 26.6 Å². The number of hydrogen-bond donors (Lipinski definition) is 2. The van der Waals surface area contributed by atoms with Crippen molar-refractivity contribution in [3.8, 4) is 0 Å². The van der Waals surface area contributed by atoms with Gasteiger partial charge in [0.25, 0.3) is 0 Å². The van der Waals surface area contributed by atoms with Crippen molar-refractivity contribution in [1.29, 1.82) is 0 Å². The number of rotatable bonds is 4. The molecule has 2 aromatic carbocycles. The average molecular weight is 370 g/mol. The van der Waals surface area contributed by atoms with E-state index in [0.717, 1.165) is 34.1 Å². The highest BCUT2D eigenvalue weighted by Crippen LogP contribution is 2.29. The summed E-state index contributed by atoms with van der Waals surface area (Å²) < 4.78 is 26.5. The molecule has 2 N–H and O–H groups in total. The van der Waals surface area contributed by atoms with Crippen LogP contribution in [0.4, 0.5) is 14.5 Å². The number of carbonyl (C=O) groups is 1. The average Bonchev–Trinajstić information content (AvgIpc) is 3.02. The third-order valence-corrected chi connectivity index (χ3v) is 4.79. The third-order valence-electron chi connectivity index (χ3n) is 3.80. The minimum Gasteiger partial charge on any atom is -0.351 e. The summed E-state index contributed by atoms with van der Waals surface area (Å²) in [5, 5.41) is 4.03. The van der Waals surface area contributed by atoms with Gasteiger partial charge in [0, 0.05) is 17.0 Å². The molecule has 0 unspecified atom stereocenters. The summed E-state index contributed by atoms with van der Waals surface area (Å²) in [4.78, 5) is 23.9. The Hall–Kier alpha value is -3.00. The number of hydrogen-bond acceptors (Lipinski definition) is 4. The Kier molecular flexibility index (Phi) is 4.26. The number of thioether (sulfide) groups is 1. The van der Waals surface area contributed by atoms with Crippen molar-refractivity contribution in [2.75, 3.05) is 11.1 Å². The number of aromatic amines is 1. The summed E-state index contributed by atoms with van der Waals surface area (Å²) >= 11 is 1.21. The number of fused-ring (bicyclic) bond motifs is 3. The molecule has 0 atom stereocenters. The molecule has 2 heterocycles. The topological polar surface area (TPSA) is 70.7 Å². The lowest BCUT2D eigenvalue weighted by Crippen LogP contribution is -2.15. The largest absolute Gasteiger partial charge is 0.351 e. The van der Waals surface area contributed by atoms with Crippen LogP contribution >= 0.6 is 11.8 Å². The number of H-pyrrole nitrogens is 1. The highest BCUT2D eigenvalue weighted by molar-refractivity contribution is 8.00. The fourth-order valence-corrected chi connectivity index (χ4v) is 3.39. The van der Waals surface area contributed by atoms with Gasteiger partial charge in [-0.3, -0.25) is 4.79 Å². The van der Waals surface area contributed by atoms with Gasteiger partial charge in [-0.05, 0) is 18.2 Å². The number of carbonyl (C=O) groups excluding carboxylic acids is 1. The summed E-state index contributed by atoms with van der Waals surface area (Å²) in [5.74, 6) is -1.90. The molecule has 1 amide bonds. The maximum absolute atomic E-state index is 13.6.